The van der Waals surface area contributed by atoms with E-state index in [-0.39, 0.29) is 12.8 Å². The Hall–Kier alpha value is -4.83. The van der Waals surface area contributed by atoms with Gasteiger partial charge in [-0.2, -0.15) is 4.90 Å². The fourth-order valence-electron chi connectivity index (χ4n) is 4.25. The van der Waals surface area contributed by atoms with Crippen molar-refractivity contribution in [2.75, 3.05) is 0 Å². The second-order valence-corrected chi connectivity index (χ2v) is 9.15. The normalized spacial score (nSPS) is 12.4. The van der Waals surface area contributed by atoms with Crippen molar-refractivity contribution in [3.8, 4) is 0 Å². The maximum Gasteiger partial charge on any atom is 0.349 e. The fourth-order valence-corrected chi connectivity index (χ4v) is 4.25. The summed E-state index contributed by atoms with van der Waals surface area (Å²) in [7, 11) is 0. The molecule has 0 radical (unpaired) electrons. The van der Waals surface area contributed by atoms with Gasteiger partial charge in [0.05, 0.1) is 12.0 Å². The molecule has 4 aromatic rings. The van der Waals surface area contributed by atoms with E-state index >= 15 is 0 Å². The first-order valence-electron chi connectivity index (χ1n) is 12.6. The lowest BCUT2D eigenvalue weighted by molar-refractivity contribution is -0.142. The lowest BCUT2D eigenvalue weighted by Crippen LogP contribution is -2.56. The Bertz CT molecular complexity index is 1450. The molecular weight excluding hydrogens is 496 g/mol. The molecule has 5 amide bonds. The van der Waals surface area contributed by atoms with Gasteiger partial charge in [0.2, 0.25) is 11.8 Å². The first kappa shape index (κ1) is 27.2. The summed E-state index contributed by atoms with van der Waals surface area (Å²) in [5.74, 6) is -2.90. The van der Waals surface area contributed by atoms with Crippen molar-refractivity contribution in [1.82, 2.24) is 25.7 Å². The molecule has 0 aliphatic rings. The monoisotopic (exact) mass is 526 g/mol. The Morgan fingerprint density at radius 3 is 2.36 bits per heavy atom. The number of hydrogen-bond donors (Lipinski definition) is 4. The van der Waals surface area contributed by atoms with Crippen LogP contribution in [0.15, 0.2) is 85.3 Å². The zero-order chi connectivity index (χ0) is 27.8. The second kappa shape index (κ2) is 12.6. The van der Waals surface area contributed by atoms with E-state index in [1.165, 1.54) is 0 Å². The van der Waals surface area contributed by atoms with Gasteiger partial charge in [-0.25, -0.2) is 10.2 Å². The number of carbonyl (C=O) groups excluding carboxylic acids is 4. The van der Waals surface area contributed by atoms with E-state index in [1.807, 2.05) is 54.6 Å². The molecule has 0 bridgehead atoms. The summed E-state index contributed by atoms with van der Waals surface area (Å²) < 4.78 is 0. The molecule has 0 saturated heterocycles. The van der Waals surface area contributed by atoms with Gasteiger partial charge in [0.15, 0.2) is 0 Å². The summed E-state index contributed by atoms with van der Waals surface area (Å²) in [6.07, 6.45) is 5.32. The SMILES string of the molecule is CC(C(=O)N(C(=O)CCc1ccccc1)C(=O)NNC(=O)C(N)Cc1ccncc1)c1c[nH]c2ccccc12. The Morgan fingerprint density at radius 1 is 0.923 bits per heavy atom. The van der Waals surface area contributed by atoms with Crippen molar-refractivity contribution in [3.05, 3.63) is 102 Å². The number of fused-ring (bicyclic) bond motifs is 1. The number of amides is 5. The Labute approximate surface area is 225 Å². The van der Waals surface area contributed by atoms with Crippen LogP contribution in [0.4, 0.5) is 4.79 Å². The number of hydrogen-bond acceptors (Lipinski definition) is 6. The van der Waals surface area contributed by atoms with Crippen LogP contribution in [-0.2, 0) is 27.2 Å². The molecular formula is C29H30N6O4. The van der Waals surface area contributed by atoms with E-state index in [4.69, 9.17) is 5.73 Å². The van der Waals surface area contributed by atoms with Crippen molar-refractivity contribution in [3.63, 3.8) is 0 Å². The number of aryl methyl sites for hydroxylation is 1. The van der Waals surface area contributed by atoms with Crippen LogP contribution in [-0.4, -0.2) is 44.7 Å². The standard InChI is InChI=1S/C29H30N6O4/c1-19(23-18-32-25-10-6-5-9-22(23)25)28(38)35(26(36)12-11-20-7-3-2-4-8-20)29(39)34-33-27(37)24(30)17-21-13-15-31-16-14-21/h2-10,13-16,18-19,24,32H,11-12,17,30H2,1H3,(H,33,37)(H,34,39). The van der Waals surface area contributed by atoms with Crippen LogP contribution in [0, 0.1) is 0 Å². The predicted molar refractivity (Wildman–Crippen MR) is 146 cm³/mol. The van der Waals surface area contributed by atoms with E-state index in [1.54, 1.807) is 37.6 Å². The molecule has 2 heterocycles. The minimum atomic E-state index is -1.06. The molecule has 0 fully saturated rings. The Morgan fingerprint density at radius 2 is 1.62 bits per heavy atom. The first-order valence-corrected chi connectivity index (χ1v) is 12.6. The highest BCUT2D eigenvalue weighted by atomic mass is 16.2. The van der Waals surface area contributed by atoms with Crippen LogP contribution < -0.4 is 16.6 Å². The molecule has 10 heteroatoms. The average Bonchev–Trinajstić information content (AvgIpc) is 3.39. The third-order valence-corrected chi connectivity index (χ3v) is 6.44. The summed E-state index contributed by atoms with van der Waals surface area (Å²) in [4.78, 5) is 60.1. The van der Waals surface area contributed by atoms with E-state index < -0.39 is 35.7 Å². The van der Waals surface area contributed by atoms with Crippen LogP contribution in [0.1, 0.15) is 36.0 Å². The van der Waals surface area contributed by atoms with Gasteiger partial charge in [-0.05, 0) is 54.7 Å². The van der Waals surface area contributed by atoms with E-state index in [2.05, 4.69) is 20.8 Å². The second-order valence-electron chi connectivity index (χ2n) is 9.15. The van der Waals surface area contributed by atoms with E-state index in [0.29, 0.717) is 16.9 Å². The predicted octanol–water partition coefficient (Wildman–Crippen LogP) is 2.97. The molecule has 0 spiro atoms. The smallest absolute Gasteiger partial charge is 0.349 e. The van der Waals surface area contributed by atoms with Crippen molar-refractivity contribution in [2.24, 2.45) is 5.73 Å². The lowest BCUT2D eigenvalue weighted by Gasteiger charge is -2.23. The van der Waals surface area contributed by atoms with Gasteiger partial charge in [-0.15, -0.1) is 0 Å². The van der Waals surface area contributed by atoms with E-state index in [0.717, 1.165) is 22.0 Å². The number of aromatic nitrogens is 2. The molecule has 0 aliphatic carbocycles. The molecule has 2 aromatic carbocycles. The van der Waals surface area contributed by atoms with Crippen molar-refractivity contribution in [2.45, 2.75) is 38.1 Å². The van der Waals surface area contributed by atoms with Gasteiger partial charge in [0.25, 0.3) is 5.91 Å². The lowest BCUT2D eigenvalue weighted by atomic mass is 9.98. The zero-order valence-corrected chi connectivity index (χ0v) is 21.5. The van der Waals surface area contributed by atoms with Crippen LogP contribution in [0.3, 0.4) is 0 Å². The number of rotatable bonds is 8. The number of aromatic amines is 1. The maximum absolute atomic E-state index is 13.6. The summed E-state index contributed by atoms with van der Waals surface area (Å²) in [6.45, 7) is 1.63. The number of pyridine rings is 1. The van der Waals surface area contributed by atoms with Gasteiger partial charge in [0.1, 0.15) is 0 Å². The molecule has 39 heavy (non-hydrogen) atoms. The molecule has 200 valence electrons. The van der Waals surface area contributed by atoms with Crippen LogP contribution >= 0.6 is 0 Å². The van der Waals surface area contributed by atoms with Gasteiger partial charge >= 0.3 is 6.03 Å². The van der Waals surface area contributed by atoms with Gasteiger partial charge in [0, 0.05) is 35.9 Å². The largest absolute Gasteiger partial charge is 0.361 e. The number of nitrogens with one attached hydrogen (secondary N) is 3. The molecule has 2 aromatic heterocycles. The molecule has 2 unspecified atom stereocenters. The highest BCUT2D eigenvalue weighted by Gasteiger charge is 2.34. The van der Waals surface area contributed by atoms with Gasteiger partial charge in [-0.1, -0.05) is 48.5 Å². The number of carbonyl (C=O) groups is 4. The van der Waals surface area contributed by atoms with Gasteiger partial charge < -0.3 is 10.7 Å². The number of nitrogens with zero attached hydrogens (tertiary/aromatic N) is 2. The molecule has 0 saturated carbocycles. The summed E-state index contributed by atoms with van der Waals surface area (Å²) >= 11 is 0. The van der Waals surface area contributed by atoms with Crippen LogP contribution in [0.2, 0.25) is 0 Å². The Kier molecular flexibility index (Phi) is 8.80. The van der Waals surface area contributed by atoms with E-state index in [9.17, 15) is 19.2 Å². The van der Waals surface area contributed by atoms with Crippen molar-refractivity contribution < 1.29 is 19.2 Å². The van der Waals surface area contributed by atoms with Crippen LogP contribution in [0.25, 0.3) is 10.9 Å². The molecule has 4 rings (SSSR count). The molecule has 0 aliphatic heterocycles. The fraction of sp³-hybridized carbons (Fsp3) is 0.207. The summed E-state index contributed by atoms with van der Waals surface area (Å²) in [6, 6.07) is 18.1. The average molecular weight is 527 g/mol. The minimum absolute atomic E-state index is 0.0840. The number of urea groups is 1. The summed E-state index contributed by atoms with van der Waals surface area (Å²) in [5.41, 5.74) is 13.6. The third kappa shape index (κ3) is 6.74. The van der Waals surface area contributed by atoms with Crippen molar-refractivity contribution in [1.29, 1.82) is 0 Å². The first-order chi connectivity index (χ1) is 18.8. The quantitative estimate of drug-likeness (QED) is 0.259. The van der Waals surface area contributed by atoms with Crippen molar-refractivity contribution >= 4 is 34.7 Å². The van der Waals surface area contributed by atoms with Crippen LogP contribution in [0.5, 0.6) is 0 Å². The Balaban J connectivity index is 1.48. The number of hydrazine groups is 1. The maximum atomic E-state index is 13.6. The number of H-pyrrole nitrogens is 1. The number of para-hydroxylation sites is 1. The number of imide groups is 3. The zero-order valence-electron chi connectivity index (χ0n) is 21.5. The molecule has 10 nitrogen and oxygen atoms in total. The highest BCUT2D eigenvalue weighted by molar-refractivity contribution is 6.12. The minimum Gasteiger partial charge on any atom is -0.361 e. The summed E-state index contributed by atoms with van der Waals surface area (Å²) in [5, 5.41) is 0.811. The number of nitrogens with two attached hydrogens (primary N) is 1. The highest BCUT2D eigenvalue weighted by Crippen LogP contribution is 2.27. The molecule has 5 N–H and O–H groups in total. The van der Waals surface area contributed by atoms with Gasteiger partial charge in [-0.3, -0.25) is 24.8 Å². The third-order valence-electron chi connectivity index (χ3n) is 6.44. The number of benzene rings is 2. The molecule has 2 atom stereocenters. The topological polar surface area (TPSA) is 150 Å².